The summed E-state index contributed by atoms with van der Waals surface area (Å²) in [5.74, 6) is 1.31. The molecule has 0 bridgehead atoms. The van der Waals surface area contributed by atoms with Crippen molar-refractivity contribution in [3.8, 4) is 5.75 Å². The van der Waals surface area contributed by atoms with E-state index in [1.807, 2.05) is 38.1 Å². The fraction of sp³-hybridized carbons (Fsp3) is 0.562. The van der Waals surface area contributed by atoms with Crippen LogP contribution in [-0.2, 0) is 4.79 Å². The van der Waals surface area contributed by atoms with E-state index in [1.54, 1.807) is 0 Å². The lowest BCUT2D eigenvalue weighted by Crippen LogP contribution is -2.25. The van der Waals surface area contributed by atoms with Gasteiger partial charge in [-0.2, -0.15) is 0 Å². The zero-order chi connectivity index (χ0) is 15.0. The molecule has 0 aliphatic carbocycles. The fourth-order valence-corrected chi connectivity index (χ4v) is 1.73. The number of para-hydroxylation sites is 2. The van der Waals surface area contributed by atoms with Crippen molar-refractivity contribution in [2.24, 2.45) is 5.92 Å². The molecule has 0 heterocycles. The minimum Gasteiger partial charge on any atom is -0.489 e. The molecule has 0 spiro atoms. The zero-order valence-electron chi connectivity index (χ0n) is 12.9. The summed E-state index contributed by atoms with van der Waals surface area (Å²) in [6, 6.07) is 7.52. The van der Waals surface area contributed by atoms with Crippen LogP contribution in [0.1, 0.15) is 34.1 Å². The van der Waals surface area contributed by atoms with Gasteiger partial charge in [-0.25, -0.2) is 0 Å². The third-order valence-corrected chi connectivity index (χ3v) is 2.61. The van der Waals surface area contributed by atoms with Crippen molar-refractivity contribution in [3.63, 3.8) is 0 Å². The van der Waals surface area contributed by atoms with Crippen LogP contribution in [0.25, 0.3) is 0 Å². The second kappa shape index (κ2) is 8.59. The van der Waals surface area contributed by atoms with Gasteiger partial charge in [0.25, 0.3) is 0 Å². The van der Waals surface area contributed by atoms with Gasteiger partial charge in [-0.3, -0.25) is 4.79 Å². The van der Waals surface area contributed by atoms with Crippen LogP contribution in [0.15, 0.2) is 24.3 Å². The van der Waals surface area contributed by atoms with Gasteiger partial charge in [0.2, 0.25) is 5.91 Å². The van der Waals surface area contributed by atoms with E-state index < -0.39 is 0 Å². The topological polar surface area (TPSA) is 50.4 Å². The van der Waals surface area contributed by atoms with E-state index in [-0.39, 0.29) is 12.0 Å². The van der Waals surface area contributed by atoms with E-state index in [0.717, 1.165) is 12.2 Å². The Morgan fingerprint density at radius 1 is 1.20 bits per heavy atom. The van der Waals surface area contributed by atoms with Gasteiger partial charge in [-0.05, 0) is 38.4 Å². The Kier molecular flexibility index (Phi) is 7.09. The highest BCUT2D eigenvalue weighted by Gasteiger charge is 2.08. The van der Waals surface area contributed by atoms with Crippen molar-refractivity contribution in [2.45, 2.75) is 40.2 Å². The van der Waals surface area contributed by atoms with E-state index in [4.69, 9.17) is 4.74 Å². The van der Waals surface area contributed by atoms with Crippen LogP contribution in [0.3, 0.4) is 0 Å². The van der Waals surface area contributed by atoms with E-state index in [0.29, 0.717) is 24.6 Å². The van der Waals surface area contributed by atoms with Crippen molar-refractivity contribution in [3.05, 3.63) is 24.3 Å². The van der Waals surface area contributed by atoms with Gasteiger partial charge in [0.05, 0.1) is 11.8 Å². The van der Waals surface area contributed by atoms with Crippen molar-refractivity contribution in [2.75, 3.05) is 18.4 Å². The van der Waals surface area contributed by atoms with Crippen LogP contribution < -0.4 is 15.4 Å². The number of amides is 1. The molecule has 1 rings (SSSR count). The Labute approximate surface area is 121 Å². The molecule has 0 aliphatic rings. The molecular weight excluding hydrogens is 252 g/mol. The molecule has 4 nitrogen and oxygen atoms in total. The summed E-state index contributed by atoms with van der Waals surface area (Å²) in [5, 5.41) is 6.16. The molecule has 0 aromatic heterocycles. The normalized spacial score (nSPS) is 10.9. The minimum absolute atomic E-state index is 0.000984. The first-order valence-corrected chi connectivity index (χ1v) is 7.25. The number of nitrogens with one attached hydrogen (secondary N) is 2. The van der Waals surface area contributed by atoms with E-state index >= 15 is 0 Å². The number of rotatable bonds is 8. The summed E-state index contributed by atoms with van der Waals surface area (Å²) in [5.41, 5.74) is 0.732. The minimum atomic E-state index is 0.000984. The molecule has 0 unspecified atom stereocenters. The average molecular weight is 278 g/mol. The first-order valence-electron chi connectivity index (χ1n) is 7.25. The van der Waals surface area contributed by atoms with Gasteiger partial charge >= 0.3 is 0 Å². The summed E-state index contributed by atoms with van der Waals surface area (Å²) >= 11 is 0. The lowest BCUT2D eigenvalue weighted by Gasteiger charge is -2.15. The van der Waals surface area contributed by atoms with Gasteiger partial charge in [0.15, 0.2) is 0 Å². The Hall–Kier alpha value is -1.55. The molecule has 112 valence electrons. The molecule has 0 fully saturated rings. The van der Waals surface area contributed by atoms with Gasteiger partial charge in [-0.1, -0.05) is 26.0 Å². The first kappa shape index (κ1) is 16.5. The maximum Gasteiger partial charge on any atom is 0.225 e. The Balaban J connectivity index is 2.45. The van der Waals surface area contributed by atoms with E-state index in [9.17, 15) is 4.79 Å². The molecule has 0 aliphatic heterocycles. The van der Waals surface area contributed by atoms with Gasteiger partial charge in [-0.15, -0.1) is 0 Å². The molecule has 1 aromatic carbocycles. The molecule has 0 saturated carbocycles. The smallest absolute Gasteiger partial charge is 0.225 e. The summed E-state index contributed by atoms with van der Waals surface area (Å²) in [7, 11) is 0. The van der Waals surface area contributed by atoms with E-state index in [2.05, 4.69) is 24.5 Å². The van der Waals surface area contributed by atoms with Crippen LogP contribution >= 0.6 is 0 Å². The molecule has 0 atom stereocenters. The van der Waals surface area contributed by atoms with Gasteiger partial charge in [0, 0.05) is 13.0 Å². The Bertz CT molecular complexity index is 417. The first-order chi connectivity index (χ1) is 9.49. The quantitative estimate of drug-likeness (QED) is 0.719. The standard InChI is InChI=1S/C16H26N2O2/c1-12(2)11-17-10-9-16(19)18-14-7-5-6-8-15(14)20-13(3)4/h5-8,12-13,17H,9-11H2,1-4H3,(H,18,19). The highest BCUT2D eigenvalue weighted by Crippen LogP contribution is 2.24. The monoisotopic (exact) mass is 278 g/mol. The SMILES string of the molecule is CC(C)CNCCC(=O)Nc1ccccc1OC(C)C. The second-order valence-corrected chi connectivity index (χ2v) is 5.56. The molecule has 1 amide bonds. The molecule has 0 radical (unpaired) electrons. The number of carbonyl (C=O) groups is 1. The third-order valence-electron chi connectivity index (χ3n) is 2.61. The second-order valence-electron chi connectivity index (χ2n) is 5.56. The number of ether oxygens (including phenoxy) is 1. The van der Waals surface area contributed by atoms with Crippen molar-refractivity contribution in [1.82, 2.24) is 5.32 Å². The molecule has 1 aromatic rings. The van der Waals surface area contributed by atoms with E-state index in [1.165, 1.54) is 0 Å². The number of benzene rings is 1. The molecule has 2 N–H and O–H groups in total. The van der Waals surface area contributed by atoms with Crippen LogP contribution in [-0.4, -0.2) is 25.1 Å². The summed E-state index contributed by atoms with van der Waals surface area (Å²) in [4.78, 5) is 11.9. The van der Waals surface area contributed by atoms with Crippen LogP contribution in [0.5, 0.6) is 5.75 Å². The molecule has 0 saturated heterocycles. The third kappa shape index (κ3) is 6.57. The van der Waals surface area contributed by atoms with Crippen molar-refractivity contribution >= 4 is 11.6 Å². The van der Waals surface area contributed by atoms with Gasteiger partial charge < -0.3 is 15.4 Å². The van der Waals surface area contributed by atoms with Crippen LogP contribution in [0.2, 0.25) is 0 Å². The summed E-state index contributed by atoms with van der Waals surface area (Å²) in [6.07, 6.45) is 0.545. The van der Waals surface area contributed by atoms with Crippen molar-refractivity contribution < 1.29 is 9.53 Å². The number of anilines is 1. The Morgan fingerprint density at radius 3 is 2.55 bits per heavy atom. The highest BCUT2D eigenvalue weighted by molar-refractivity contribution is 5.92. The van der Waals surface area contributed by atoms with Gasteiger partial charge in [0.1, 0.15) is 5.75 Å². The molecule has 20 heavy (non-hydrogen) atoms. The summed E-state index contributed by atoms with van der Waals surface area (Å²) < 4.78 is 5.67. The fourth-order valence-electron chi connectivity index (χ4n) is 1.73. The molecular formula is C16H26N2O2. The zero-order valence-corrected chi connectivity index (χ0v) is 12.9. The summed E-state index contributed by atoms with van der Waals surface area (Å²) in [6.45, 7) is 9.85. The average Bonchev–Trinajstić information content (AvgIpc) is 2.36. The highest BCUT2D eigenvalue weighted by atomic mass is 16.5. The largest absolute Gasteiger partial charge is 0.489 e. The van der Waals surface area contributed by atoms with Crippen LogP contribution in [0.4, 0.5) is 5.69 Å². The van der Waals surface area contributed by atoms with Crippen LogP contribution in [0, 0.1) is 5.92 Å². The number of hydrogen-bond donors (Lipinski definition) is 2. The predicted molar refractivity (Wildman–Crippen MR) is 83.2 cm³/mol. The maximum atomic E-state index is 11.9. The molecule has 4 heteroatoms. The lowest BCUT2D eigenvalue weighted by molar-refractivity contribution is -0.116. The maximum absolute atomic E-state index is 11.9. The predicted octanol–water partition coefficient (Wildman–Crippen LogP) is 3.05. The lowest BCUT2D eigenvalue weighted by atomic mass is 10.2. The van der Waals surface area contributed by atoms with Crippen molar-refractivity contribution in [1.29, 1.82) is 0 Å². The number of hydrogen-bond acceptors (Lipinski definition) is 3. The Morgan fingerprint density at radius 2 is 1.90 bits per heavy atom. The number of carbonyl (C=O) groups excluding carboxylic acids is 1.